The van der Waals surface area contributed by atoms with Crippen molar-refractivity contribution in [2.45, 2.75) is 32.1 Å². The lowest BCUT2D eigenvalue weighted by Crippen LogP contribution is -2.44. The molecule has 7 nitrogen and oxygen atoms in total. The number of rotatable bonds is 10. The number of carbonyl (C=O) groups excluding carboxylic acids is 3. The maximum absolute atomic E-state index is 13.1. The number of alkyl carbamates (subject to hydrolysis) is 1. The molecule has 7 heteroatoms. The molecule has 1 atom stereocenters. The summed E-state index contributed by atoms with van der Waals surface area (Å²) in [6.07, 6.45) is -0.755. The topological polar surface area (TPSA) is 93.7 Å². The Kier molecular flexibility index (Phi) is 8.86. The van der Waals surface area contributed by atoms with E-state index in [0.717, 1.165) is 21.9 Å². The van der Waals surface area contributed by atoms with Gasteiger partial charge >= 0.3 is 12.1 Å². The molecule has 2 N–H and O–H groups in total. The smallest absolute Gasteiger partial charge is 0.408 e. The molecule has 0 heterocycles. The van der Waals surface area contributed by atoms with E-state index in [-0.39, 0.29) is 26.1 Å². The van der Waals surface area contributed by atoms with E-state index in [4.69, 9.17) is 9.47 Å². The quantitative estimate of drug-likeness (QED) is 0.279. The highest BCUT2D eigenvalue weighted by Crippen LogP contribution is 2.19. The van der Waals surface area contributed by atoms with E-state index in [1.54, 1.807) is 6.07 Å². The molecule has 0 bridgehead atoms. The minimum absolute atomic E-state index is 0.0491. The van der Waals surface area contributed by atoms with E-state index in [1.807, 2.05) is 97.1 Å². The maximum Gasteiger partial charge on any atom is 0.408 e. The predicted molar refractivity (Wildman–Crippen MR) is 142 cm³/mol. The number of esters is 1. The van der Waals surface area contributed by atoms with Gasteiger partial charge in [0, 0.05) is 12.1 Å². The van der Waals surface area contributed by atoms with E-state index in [2.05, 4.69) is 10.6 Å². The summed E-state index contributed by atoms with van der Waals surface area (Å²) < 4.78 is 10.6. The SMILES string of the molecule is O=C(CC[C@@H](NC(=O)OCc1ccccc1)C(=O)Nc1ccc2ccccc2c1)OCc1ccccc1. The van der Waals surface area contributed by atoms with Gasteiger partial charge in [0.25, 0.3) is 0 Å². The van der Waals surface area contributed by atoms with Crippen LogP contribution in [-0.4, -0.2) is 24.0 Å². The van der Waals surface area contributed by atoms with Crippen molar-refractivity contribution in [1.29, 1.82) is 0 Å². The van der Waals surface area contributed by atoms with Crippen LogP contribution in [0.4, 0.5) is 10.5 Å². The Morgan fingerprint density at radius 1 is 0.676 bits per heavy atom. The number of amides is 2. The Labute approximate surface area is 215 Å². The number of carbonyl (C=O) groups is 3. The summed E-state index contributed by atoms with van der Waals surface area (Å²) in [7, 11) is 0. The van der Waals surface area contributed by atoms with Crippen LogP contribution in [0.25, 0.3) is 10.8 Å². The number of nitrogens with one attached hydrogen (secondary N) is 2. The molecule has 0 unspecified atom stereocenters. The monoisotopic (exact) mass is 496 g/mol. The van der Waals surface area contributed by atoms with Crippen molar-refractivity contribution in [3.63, 3.8) is 0 Å². The van der Waals surface area contributed by atoms with Gasteiger partial charge in [-0.25, -0.2) is 4.79 Å². The van der Waals surface area contributed by atoms with Gasteiger partial charge in [-0.05, 0) is 40.5 Å². The molecule has 4 aromatic carbocycles. The van der Waals surface area contributed by atoms with Gasteiger partial charge in [0.15, 0.2) is 0 Å². The summed E-state index contributed by atoms with van der Waals surface area (Å²) in [5.41, 5.74) is 2.27. The van der Waals surface area contributed by atoms with Crippen LogP contribution in [0.1, 0.15) is 24.0 Å². The Bertz CT molecular complexity index is 1340. The van der Waals surface area contributed by atoms with E-state index < -0.39 is 24.0 Å². The van der Waals surface area contributed by atoms with Crippen LogP contribution in [0.3, 0.4) is 0 Å². The number of hydrogen-bond donors (Lipinski definition) is 2. The average molecular weight is 497 g/mol. The fourth-order valence-corrected chi connectivity index (χ4v) is 3.74. The Balaban J connectivity index is 1.37. The van der Waals surface area contributed by atoms with Gasteiger partial charge < -0.3 is 20.1 Å². The first-order valence-corrected chi connectivity index (χ1v) is 12.0. The minimum Gasteiger partial charge on any atom is -0.461 e. The molecule has 4 rings (SSSR count). The first-order valence-electron chi connectivity index (χ1n) is 12.0. The number of hydrogen-bond acceptors (Lipinski definition) is 5. The minimum atomic E-state index is -1.00. The maximum atomic E-state index is 13.1. The molecule has 4 aromatic rings. The van der Waals surface area contributed by atoms with Crippen molar-refractivity contribution in [3.05, 3.63) is 114 Å². The van der Waals surface area contributed by atoms with Crippen molar-refractivity contribution in [3.8, 4) is 0 Å². The number of ether oxygens (including phenoxy) is 2. The Morgan fingerprint density at radius 2 is 1.27 bits per heavy atom. The van der Waals surface area contributed by atoms with Gasteiger partial charge in [-0.15, -0.1) is 0 Å². The van der Waals surface area contributed by atoms with Gasteiger partial charge in [0.1, 0.15) is 19.3 Å². The van der Waals surface area contributed by atoms with Gasteiger partial charge in [0.05, 0.1) is 0 Å². The summed E-state index contributed by atoms with van der Waals surface area (Å²) in [5.74, 6) is -0.922. The molecular weight excluding hydrogens is 468 g/mol. The molecular formula is C30H28N2O5. The first-order chi connectivity index (χ1) is 18.1. The fraction of sp³-hybridized carbons (Fsp3) is 0.167. The number of anilines is 1. The number of fused-ring (bicyclic) bond motifs is 1. The molecule has 0 aliphatic rings. The Morgan fingerprint density at radius 3 is 1.95 bits per heavy atom. The van der Waals surface area contributed by atoms with Gasteiger partial charge in [0.2, 0.25) is 5.91 Å². The summed E-state index contributed by atoms with van der Waals surface area (Å²) in [5, 5.41) is 7.44. The van der Waals surface area contributed by atoms with Crippen LogP contribution in [0.15, 0.2) is 103 Å². The van der Waals surface area contributed by atoms with Crippen molar-refractivity contribution in [2.24, 2.45) is 0 Å². The predicted octanol–water partition coefficient (Wildman–Crippen LogP) is 5.60. The summed E-state index contributed by atoms with van der Waals surface area (Å²) >= 11 is 0. The fourth-order valence-electron chi connectivity index (χ4n) is 3.74. The molecule has 37 heavy (non-hydrogen) atoms. The van der Waals surface area contributed by atoms with E-state index >= 15 is 0 Å². The van der Waals surface area contributed by atoms with E-state index in [1.165, 1.54) is 0 Å². The molecule has 188 valence electrons. The van der Waals surface area contributed by atoms with Crippen LogP contribution in [-0.2, 0) is 32.3 Å². The zero-order valence-corrected chi connectivity index (χ0v) is 20.3. The lowest BCUT2D eigenvalue weighted by Gasteiger charge is -2.18. The van der Waals surface area contributed by atoms with Crippen LogP contribution in [0.5, 0.6) is 0 Å². The third-order valence-corrected chi connectivity index (χ3v) is 5.72. The molecule has 0 aliphatic carbocycles. The molecule has 0 fully saturated rings. The highest BCUT2D eigenvalue weighted by molar-refractivity contribution is 5.98. The summed E-state index contributed by atoms with van der Waals surface area (Å²) in [6, 6.07) is 30.9. The zero-order chi connectivity index (χ0) is 25.9. The molecule has 0 aliphatic heterocycles. The third-order valence-electron chi connectivity index (χ3n) is 5.72. The Hall–Kier alpha value is -4.65. The normalized spacial score (nSPS) is 11.4. The largest absolute Gasteiger partial charge is 0.461 e. The number of benzene rings is 4. The summed E-state index contributed by atoms with van der Waals surface area (Å²) in [4.78, 5) is 37.9. The van der Waals surface area contributed by atoms with Crippen LogP contribution >= 0.6 is 0 Å². The molecule has 0 saturated carbocycles. The molecule has 0 saturated heterocycles. The molecule has 0 aromatic heterocycles. The second-order valence-electron chi connectivity index (χ2n) is 8.49. The second kappa shape index (κ2) is 12.9. The van der Waals surface area contributed by atoms with Crippen LogP contribution in [0, 0.1) is 0 Å². The standard InChI is InChI=1S/C30H28N2O5/c33-28(36-20-22-9-3-1-4-10-22)18-17-27(32-30(35)37-21-23-11-5-2-6-12-23)29(34)31-26-16-15-24-13-7-8-14-25(24)19-26/h1-16,19,27H,17-18,20-21H2,(H,31,34)(H,32,35)/t27-/m1/s1. The van der Waals surface area contributed by atoms with Crippen molar-refractivity contribution >= 4 is 34.4 Å². The third kappa shape index (κ3) is 7.93. The van der Waals surface area contributed by atoms with Gasteiger partial charge in [-0.1, -0.05) is 91.0 Å². The van der Waals surface area contributed by atoms with Crippen LogP contribution in [0.2, 0.25) is 0 Å². The second-order valence-corrected chi connectivity index (χ2v) is 8.49. The molecule has 0 radical (unpaired) electrons. The summed E-state index contributed by atoms with van der Waals surface area (Å²) in [6.45, 7) is 0.199. The van der Waals surface area contributed by atoms with Gasteiger partial charge in [-0.3, -0.25) is 9.59 Å². The molecule has 2 amide bonds. The lowest BCUT2D eigenvalue weighted by molar-refractivity contribution is -0.145. The van der Waals surface area contributed by atoms with Crippen molar-refractivity contribution in [1.82, 2.24) is 5.32 Å². The highest BCUT2D eigenvalue weighted by Gasteiger charge is 2.23. The van der Waals surface area contributed by atoms with Crippen LogP contribution < -0.4 is 10.6 Å². The van der Waals surface area contributed by atoms with Gasteiger partial charge in [-0.2, -0.15) is 0 Å². The van der Waals surface area contributed by atoms with Crippen molar-refractivity contribution < 1.29 is 23.9 Å². The molecule has 0 spiro atoms. The van der Waals surface area contributed by atoms with E-state index in [9.17, 15) is 14.4 Å². The van der Waals surface area contributed by atoms with Crippen molar-refractivity contribution in [2.75, 3.05) is 5.32 Å². The van der Waals surface area contributed by atoms with E-state index in [0.29, 0.717) is 5.69 Å². The lowest BCUT2D eigenvalue weighted by atomic mass is 10.1. The first kappa shape index (κ1) is 25.4. The highest BCUT2D eigenvalue weighted by atomic mass is 16.5. The zero-order valence-electron chi connectivity index (χ0n) is 20.3. The average Bonchev–Trinajstić information content (AvgIpc) is 2.94.